The Balaban J connectivity index is 1.87. The van der Waals surface area contributed by atoms with Gasteiger partial charge in [0.2, 0.25) is 0 Å². The van der Waals surface area contributed by atoms with Crippen molar-refractivity contribution in [1.82, 2.24) is 0 Å². The van der Waals surface area contributed by atoms with Gasteiger partial charge in [0.25, 0.3) is 0 Å². The van der Waals surface area contributed by atoms with Crippen molar-refractivity contribution in [3.8, 4) is 5.75 Å². The van der Waals surface area contributed by atoms with Crippen molar-refractivity contribution >= 4 is 11.7 Å². The predicted molar refractivity (Wildman–Crippen MR) is 64.8 cm³/mol. The topological polar surface area (TPSA) is 72.5 Å². The molecular formula is C13H17NO3. The average molecular weight is 235 g/mol. The first kappa shape index (κ1) is 11.8. The molecule has 1 aliphatic rings. The van der Waals surface area contributed by atoms with Gasteiger partial charge in [-0.05, 0) is 30.5 Å². The van der Waals surface area contributed by atoms with E-state index in [1.165, 1.54) is 37.5 Å². The van der Waals surface area contributed by atoms with E-state index >= 15 is 0 Å². The van der Waals surface area contributed by atoms with Crippen molar-refractivity contribution in [2.24, 2.45) is 5.92 Å². The molecule has 92 valence electrons. The first-order valence-electron chi connectivity index (χ1n) is 5.92. The molecule has 1 aromatic carbocycles. The summed E-state index contributed by atoms with van der Waals surface area (Å²) in [6, 6.07) is 4.28. The SMILES string of the molecule is Nc1ccc(O)cc1C(=O)OCCC1CCC1. The van der Waals surface area contributed by atoms with E-state index in [4.69, 9.17) is 10.5 Å². The Labute approximate surface area is 100 Å². The number of phenolic OH excluding ortho intramolecular Hbond substituents is 1. The Kier molecular flexibility index (Phi) is 3.52. The quantitative estimate of drug-likeness (QED) is 0.477. The molecule has 0 unspecified atom stereocenters. The van der Waals surface area contributed by atoms with Crippen LogP contribution in [0.25, 0.3) is 0 Å². The van der Waals surface area contributed by atoms with E-state index in [1.54, 1.807) is 0 Å². The number of carbonyl (C=O) groups is 1. The summed E-state index contributed by atoms with van der Waals surface area (Å²) in [5, 5.41) is 9.28. The summed E-state index contributed by atoms with van der Waals surface area (Å²) in [7, 11) is 0. The largest absolute Gasteiger partial charge is 0.508 e. The molecule has 0 aromatic heterocycles. The van der Waals surface area contributed by atoms with Gasteiger partial charge >= 0.3 is 5.97 Å². The maximum Gasteiger partial charge on any atom is 0.340 e. The van der Waals surface area contributed by atoms with Crippen LogP contribution in [0, 0.1) is 5.92 Å². The van der Waals surface area contributed by atoms with E-state index in [0.717, 1.165) is 6.42 Å². The van der Waals surface area contributed by atoms with Gasteiger partial charge in [-0.2, -0.15) is 0 Å². The van der Waals surface area contributed by atoms with Crippen LogP contribution in [-0.2, 0) is 4.74 Å². The van der Waals surface area contributed by atoms with Gasteiger partial charge < -0.3 is 15.6 Å². The zero-order valence-electron chi connectivity index (χ0n) is 9.69. The number of esters is 1. The summed E-state index contributed by atoms with van der Waals surface area (Å²) in [5.41, 5.74) is 6.21. The second kappa shape index (κ2) is 5.08. The molecule has 1 fully saturated rings. The van der Waals surface area contributed by atoms with Crippen LogP contribution in [0.5, 0.6) is 5.75 Å². The number of nitrogens with two attached hydrogens (primary N) is 1. The summed E-state index contributed by atoms with van der Waals surface area (Å²) in [6.45, 7) is 0.429. The minimum absolute atomic E-state index is 0.0187. The molecule has 0 saturated heterocycles. The fraction of sp³-hybridized carbons (Fsp3) is 0.462. The minimum atomic E-state index is -0.460. The predicted octanol–water partition coefficient (Wildman–Crippen LogP) is 2.32. The lowest BCUT2D eigenvalue weighted by molar-refractivity contribution is 0.0465. The summed E-state index contributed by atoms with van der Waals surface area (Å²) in [6.07, 6.45) is 4.69. The number of aromatic hydroxyl groups is 1. The van der Waals surface area contributed by atoms with Crippen LogP contribution < -0.4 is 5.73 Å². The Morgan fingerprint density at radius 2 is 2.24 bits per heavy atom. The summed E-state index contributed by atoms with van der Waals surface area (Å²) >= 11 is 0. The molecule has 1 aromatic rings. The Bertz CT molecular complexity index is 413. The summed E-state index contributed by atoms with van der Waals surface area (Å²) in [4.78, 5) is 11.7. The molecule has 3 N–H and O–H groups in total. The van der Waals surface area contributed by atoms with Crippen molar-refractivity contribution in [1.29, 1.82) is 0 Å². The molecule has 0 aliphatic heterocycles. The summed E-state index contributed by atoms with van der Waals surface area (Å²) < 4.78 is 5.14. The van der Waals surface area contributed by atoms with Crippen LogP contribution in [0.4, 0.5) is 5.69 Å². The van der Waals surface area contributed by atoms with Gasteiger partial charge in [0.15, 0.2) is 0 Å². The second-order valence-corrected chi connectivity index (χ2v) is 4.49. The number of benzene rings is 1. The molecule has 0 atom stereocenters. The zero-order valence-corrected chi connectivity index (χ0v) is 9.69. The molecule has 0 radical (unpaired) electrons. The van der Waals surface area contributed by atoms with Crippen LogP contribution >= 0.6 is 0 Å². The molecular weight excluding hydrogens is 218 g/mol. The number of ether oxygens (including phenoxy) is 1. The van der Waals surface area contributed by atoms with Crippen molar-refractivity contribution < 1.29 is 14.6 Å². The first-order chi connectivity index (χ1) is 8.16. The van der Waals surface area contributed by atoms with E-state index in [9.17, 15) is 9.90 Å². The van der Waals surface area contributed by atoms with Crippen molar-refractivity contribution in [3.05, 3.63) is 23.8 Å². The van der Waals surface area contributed by atoms with Crippen molar-refractivity contribution in [2.75, 3.05) is 12.3 Å². The van der Waals surface area contributed by atoms with Gasteiger partial charge in [-0.15, -0.1) is 0 Å². The van der Waals surface area contributed by atoms with E-state index in [-0.39, 0.29) is 11.3 Å². The zero-order chi connectivity index (χ0) is 12.3. The summed E-state index contributed by atoms with van der Waals surface area (Å²) in [5.74, 6) is 0.271. The lowest BCUT2D eigenvalue weighted by Crippen LogP contribution is -2.16. The van der Waals surface area contributed by atoms with Gasteiger partial charge in [-0.25, -0.2) is 4.79 Å². The Morgan fingerprint density at radius 3 is 2.88 bits per heavy atom. The third-order valence-electron chi connectivity index (χ3n) is 3.24. The number of hydrogen-bond acceptors (Lipinski definition) is 4. The van der Waals surface area contributed by atoms with E-state index in [1.807, 2.05) is 0 Å². The van der Waals surface area contributed by atoms with Gasteiger partial charge in [-0.3, -0.25) is 0 Å². The molecule has 0 heterocycles. The number of phenols is 1. The molecule has 1 aliphatic carbocycles. The molecule has 0 bridgehead atoms. The highest BCUT2D eigenvalue weighted by atomic mass is 16.5. The average Bonchev–Trinajstić information content (AvgIpc) is 2.25. The van der Waals surface area contributed by atoms with Crippen LogP contribution in [0.3, 0.4) is 0 Å². The Hall–Kier alpha value is -1.71. The van der Waals surface area contributed by atoms with Gasteiger partial charge in [0.1, 0.15) is 5.75 Å². The van der Waals surface area contributed by atoms with Crippen molar-refractivity contribution in [2.45, 2.75) is 25.7 Å². The standard InChI is InChI=1S/C13H17NO3/c14-12-5-4-10(15)8-11(12)13(16)17-7-6-9-2-1-3-9/h4-5,8-9,15H,1-3,6-7,14H2. The van der Waals surface area contributed by atoms with Gasteiger partial charge in [-0.1, -0.05) is 19.3 Å². The minimum Gasteiger partial charge on any atom is -0.508 e. The molecule has 1 saturated carbocycles. The highest BCUT2D eigenvalue weighted by Gasteiger charge is 2.18. The molecule has 2 rings (SSSR count). The van der Waals surface area contributed by atoms with Crippen molar-refractivity contribution in [3.63, 3.8) is 0 Å². The molecule has 4 nitrogen and oxygen atoms in total. The highest BCUT2D eigenvalue weighted by Crippen LogP contribution is 2.29. The number of nitrogen functional groups attached to an aromatic ring is 1. The van der Waals surface area contributed by atoms with Crippen LogP contribution in [0.15, 0.2) is 18.2 Å². The number of rotatable bonds is 4. The smallest absolute Gasteiger partial charge is 0.340 e. The van der Waals surface area contributed by atoms with Gasteiger partial charge in [0, 0.05) is 5.69 Å². The first-order valence-corrected chi connectivity index (χ1v) is 5.92. The third-order valence-corrected chi connectivity index (χ3v) is 3.24. The van der Waals surface area contributed by atoms with E-state index in [0.29, 0.717) is 18.2 Å². The molecule has 17 heavy (non-hydrogen) atoms. The fourth-order valence-electron chi connectivity index (χ4n) is 1.90. The highest BCUT2D eigenvalue weighted by molar-refractivity contribution is 5.95. The van der Waals surface area contributed by atoms with Gasteiger partial charge in [0.05, 0.1) is 12.2 Å². The third kappa shape index (κ3) is 2.90. The maximum absolute atomic E-state index is 11.7. The second-order valence-electron chi connectivity index (χ2n) is 4.49. The lowest BCUT2D eigenvalue weighted by Gasteiger charge is -2.24. The van der Waals surface area contributed by atoms with Crippen LogP contribution in [0.2, 0.25) is 0 Å². The molecule has 0 spiro atoms. The number of carbonyl (C=O) groups excluding carboxylic acids is 1. The Morgan fingerprint density at radius 1 is 1.47 bits per heavy atom. The van der Waals surface area contributed by atoms with Crippen LogP contribution in [-0.4, -0.2) is 17.7 Å². The number of anilines is 1. The van der Waals surface area contributed by atoms with Crippen LogP contribution in [0.1, 0.15) is 36.0 Å². The molecule has 0 amide bonds. The lowest BCUT2D eigenvalue weighted by atomic mass is 9.83. The normalized spacial score (nSPS) is 15.3. The monoisotopic (exact) mass is 235 g/mol. The number of hydrogen-bond donors (Lipinski definition) is 2. The van der Waals surface area contributed by atoms with E-state index in [2.05, 4.69) is 0 Å². The molecule has 4 heteroatoms. The maximum atomic E-state index is 11.7. The fourth-order valence-corrected chi connectivity index (χ4v) is 1.90. The van der Waals surface area contributed by atoms with E-state index < -0.39 is 5.97 Å².